The molecule has 0 bridgehead atoms. The smallest absolute Gasteiger partial charge is 0.267 e. The zero-order valence-electron chi connectivity index (χ0n) is 17.7. The van der Waals surface area contributed by atoms with E-state index in [1.807, 2.05) is 31.2 Å². The number of carbonyl (C=O) groups excluding carboxylic acids is 1. The van der Waals surface area contributed by atoms with E-state index in [0.717, 1.165) is 32.8 Å². The maximum absolute atomic E-state index is 13.2. The van der Waals surface area contributed by atoms with E-state index in [-0.39, 0.29) is 12.5 Å². The molecule has 2 heterocycles. The Morgan fingerprint density at radius 2 is 1.84 bits per heavy atom. The Morgan fingerprint density at radius 1 is 1.06 bits per heavy atom. The lowest BCUT2D eigenvalue weighted by Crippen LogP contribution is -2.34. The Hall–Kier alpha value is -3.45. The molecular weight excluding hydrogens is 410 g/mol. The number of methoxy groups -OCH3 is 1. The van der Waals surface area contributed by atoms with Crippen LogP contribution in [0.2, 0.25) is 0 Å². The molecule has 0 fully saturated rings. The van der Waals surface area contributed by atoms with Gasteiger partial charge in [-0.25, -0.2) is 4.98 Å². The van der Waals surface area contributed by atoms with Crippen LogP contribution in [0.1, 0.15) is 16.8 Å². The maximum atomic E-state index is 13.2. The van der Waals surface area contributed by atoms with Crippen LogP contribution in [0.5, 0.6) is 11.5 Å². The number of ether oxygens (including phenoxy) is 2. The van der Waals surface area contributed by atoms with E-state index >= 15 is 0 Å². The van der Waals surface area contributed by atoms with Crippen LogP contribution in [0.25, 0.3) is 10.2 Å². The summed E-state index contributed by atoms with van der Waals surface area (Å²) in [5.74, 6) is 1.15. The molecule has 0 saturated heterocycles. The number of hydrogen-bond donors (Lipinski definition) is 0. The van der Waals surface area contributed by atoms with Crippen LogP contribution in [0, 0.1) is 13.8 Å². The summed E-state index contributed by atoms with van der Waals surface area (Å²) in [6, 6.07) is 17.0. The van der Waals surface area contributed by atoms with Crippen molar-refractivity contribution < 1.29 is 14.3 Å². The minimum atomic E-state index is -0.185. The van der Waals surface area contributed by atoms with E-state index in [9.17, 15) is 4.79 Å². The number of rotatable bonds is 7. The van der Waals surface area contributed by atoms with Crippen molar-refractivity contribution in [1.82, 2.24) is 9.97 Å². The topological polar surface area (TPSA) is 64.6 Å². The van der Waals surface area contributed by atoms with Crippen LogP contribution >= 0.6 is 11.3 Å². The predicted octanol–water partition coefficient (Wildman–Crippen LogP) is 4.93. The molecule has 1 amide bonds. The summed E-state index contributed by atoms with van der Waals surface area (Å²) in [6.45, 7) is 4.33. The number of anilines is 1. The van der Waals surface area contributed by atoms with Gasteiger partial charge in [-0.2, -0.15) is 0 Å². The maximum Gasteiger partial charge on any atom is 0.267 e. The fraction of sp³-hybridized carbons (Fsp3) is 0.208. The Kier molecular flexibility index (Phi) is 6.13. The molecule has 7 heteroatoms. The van der Waals surface area contributed by atoms with Crippen LogP contribution < -0.4 is 14.4 Å². The van der Waals surface area contributed by atoms with E-state index < -0.39 is 0 Å². The van der Waals surface area contributed by atoms with Gasteiger partial charge in [0, 0.05) is 6.20 Å². The highest BCUT2D eigenvalue weighted by Gasteiger charge is 2.22. The fourth-order valence-electron chi connectivity index (χ4n) is 3.29. The molecule has 0 aliphatic carbocycles. The fourth-order valence-corrected chi connectivity index (χ4v) is 4.32. The second kappa shape index (κ2) is 9.14. The molecule has 0 saturated carbocycles. The number of aryl methyl sites for hydroxylation is 2. The monoisotopic (exact) mass is 433 g/mol. The first-order valence-electron chi connectivity index (χ1n) is 9.88. The molecule has 2 aromatic carbocycles. The van der Waals surface area contributed by atoms with Gasteiger partial charge >= 0.3 is 0 Å². The Bertz CT molecular complexity index is 1190. The molecule has 4 aromatic rings. The quantitative estimate of drug-likeness (QED) is 0.414. The summed E-state index contributed by atoms with van der Waals surface area (Å²) < 4.78 is 12.0. The minimum absolute atomic E-state index is 0.104. The molecular formula is C24H23N3O3S. The molecule has 6 nitrogen and oxygen atoms in total. The third-order valence-electron chi connectivity index (χ3n) is 4.81. The second-order valence-electron chi connectivity index (χ2n) is 7.19. The molecule has 0 radical (unpaired) electrons. The Morgan fingerprint density at radius 3 is 2.55 bits per heavy atom. The van der Waals surface area contributed by atoms with Gasteiger partial charge in [-0.3, -0.25) is 14.7 Å². The predicted molar refractivity (Wildman–Crippen MR) is 123 cm³/mol. The first-order valence-corrected chi connectivity index (χ1v) is 10.7. The van der Waals surface area contributed by atoms with Crippen LogP contribution in [-0.4, -0.2) is 29.6 Å². The number of carbonyl (C=O) groups is 1. The van der Waals surface area contributed by atoms with E-state index in [0.29, 0.717) is 17.4 Å². The third kappa shape index (κ3) is 4.83. The minimum Gasteiger partial charge on any atom is -0.497 e. The van der Waals surface area contributed by atoms with Crippen molar-refractivity contribution in [2.75, 3.05) is 18.6 Å². The largest absolute Gasteiger partial charge is 0.497 e. The highest BCUT2D eigenvalue weighted by atomic mass is 32.1. The summed E-state index contributed by atoms with van der Waals surface area (Å²) in [5, 5.41) is 0.637. The van der Waals surface area contributed by atoms with Crippen LogP contribution in [0.3, 0.4) is 0 Å². The van der Waals surface area contributed by atoms with E-state index in [2.05, 4.69) is 18.0 Å². The molecule has 31 heavy (non-hydrogen) atoms. The highest BCUT2D eigenvalue weighted by Crippen LogP contribution is 2.33. The second-order valence-corrected chi connectivity index (χ2v) is 8.17. The van der Waals surface area contributed by atoms with Crippen LogP contribution in [0.4, 0.5) is 5.13 Å². The molecule has 0 aliphatic heterocycles. The van der Waals surface area contributed by atoms with E-state index in [4.69, 9.17) is 14.5 Å². The van der Waals surface area contributed by atoms with E-state index in [1.54, 1.807) is 42.5 Å². The van der Waals surface area contributed by atoms with Gasteiger partial charge in [0.2, 0.25) is 0 Å². The summed E-state index contributed by atoms with van der Waals surface area (Å²) in [5.41, 5.74) is 3.98. The molecule has 0 unspecified atom stereocenters. The number of nitrogens with zero attached hydrogens (tertiary/aromatic N) is 3. The third-order valence-corrected chi connectivity index (χ3v) is 6.04. The number of pyridine rings is 1. The normalized spacial score (nSPS) is 10.8. The Labute approximate surface area is 185 Å². The van der Waals surface area contributed by atoms with Gasteiger partial charge in [0.05, 0.1) is 29.6 Å². The van der Waals surface area contributed by atoms with Crippen molar-refractivity contribution in [3.63, 3.8) is 0 Å². The first kappa shape index (κ1) is 20.8. The summed E-state index contributed by atoms with van der Waals surface area (Å²) >= 11 is 1.51. The van der Waals surface area contributed by atoms with Gasteiger partial charge in [0.1, 0.15) is 11.5 Å². The Balaban J connectivity index is 1.60. The molecule has 0 N–H and O–H groups in total. The summed E-state index contributed by atoms with van der Waals surface area (Å²) in [4.78, 5) is 24.0. The average molecular weight is 434 g/mol. The van der Waals surface area contributed by atoms with Crippen molar-refractivity contribution in [2.24, 2.45) is 0 Å². The van der Waals surface area contributed by atoms with Crippen molar-refractivity contribution in [2.45, 2.75) is 20.4 Å². The van der Waals surface area contributed by atoms with Crippen molar-refractivity contribution >= 4 is 32.6 Å². The number of hydrogen-bond acceptors (Lipinski definition) is 6. The molecule has 0 aliphatic rings. The number of fused-ring (bicyclic) bond motifs is 1. The van der Waals surface area contributed by atoms with Crippen LogP contribution in [0.15, 0.2) is 60.8 Å². The van der Waals surface area contributed by atoms with Crippen LogP contribution in [-0.2, 0) is 11.3 Å². The molecule has 158 valence electrons. The standard InChI is InChI=1S/C24H23N3O3S/c1-16-12-17(2)23-21(13-16)26-24(31-23)27(14-18-6-4-5-11-25-18)22(28)15-30-20-9-7-19(29-3)8-10-20/h4-13H,14-15H2,1-3H3. The molecule has 4 rings (SSSR count). The van der Waals surface area contributed by atoms with Gasteiger partial charge < -0.3 is 9.47 Å². The number of aromatic nitrogens is 2. The lowest BCUT2D eigenvalue weighted by molar-refractivity contribution is -0.120. The first-order chi connectivity index (χ1) is 15.0. The SMILES string of the molecule is COc1ccc(OCC(=O)N(Cc2ccccn2)c2nc3cc(C)cc(C)c3s2)cc1. The number of benzene rings is 2. The van der Waals surface area contributed by atoms with Gasteiger partial charge in [-0.1, -0.05) is 23.5 Å². The van der Waals surface area contributed by atoms with Crippen molar-refractivity contribution in [1.29, 1.82) is 0 Å². The van der Waals surface area contributed by atoms with Gasteiger partial charge in [0.25, 0.3) is 5.91 Å². The van der Waals surface area contributed by atoms with Gasteiger partial charge in [-0.15, -0.1) is 0 Å². The lowest BCUT2D eigenvalue weighted by atomic mass is 10.1. The summed E-state index contributed by atoms with van der Waals surface area (Å²) in [6.07, 6.45) is 1.72. The summed E-state index contributed by atoms with van der Waals surface area (Å²) in [7, 11) is 1.61. The molecule has 0 atom stereocenters. The number of thiazole rings is 1. The van der Waals surface area contributed by atoms with Crippen molar-refractivity contribution in [3.8, 4) is 11.5 Å². The van der Waals surface area contributed by atoms with Crippen molar-refractivity contribution in [3.05, 3.63) is 77.6 Å². The number of amides is 1. The van der Waals surface area contributed by atoms with Gasteiger partial charge in [0.15, 0.2) is 11.7 Å². The average Bonchev–Trinajstić information content (AvgIpc) is 3.21. The van der Waals surface area contributed by atoms with Gasteiger partial charge in [-0.05, 0) is 67.4 Å². The molecule has 2 aromatic heterocycles. The zero-order chi connectivity index (χ0) is 21.8. The highest BCUT2D eigenvalue weighted by molar-refractivity contribution is 7.22. The lowest BCUT2D eigenvalue weighted by Gasteiger charge is -2.19. The molecule has 0 spiro atoms. The zero-order valence-corrected chi connectivity index (χ0v) is 18.5. The van der Waals surface area contributed by atoms with E-state index in [1.165, 1.54) is 11.3 Å².